The Morgan fingerprint density at radius 2 is 1.59 bits per heavy atom. The Balaban J connectivity index is 0.000000437. The summed E-state index contributed by atoms with van der Waals surface area (Å²) in [6.07, 6.45) is 0. The van der Waals surface area contributed by atoms with E-state index in [0.29, 0.717) is 6.54 Å². The van der Waals surface area contributed by atoms with Gasteiger partial charge in [-0.3, -0.25) is 9.11 Å². The van der Waals surface area contributed by atoms with Crippen molar-refractivity contribution in [2.75, 3.05) is 5.73 Å². The largest absolute Gasteiger partial charge is 0.399 e. The summed E-state index contributed by atoms with van der Waals surface area (Å²) in [5.41, 5.74) is 17.6. The van der Waals surface area contributed by atoms with E-state index in [9.17, 15) is 0 Å². The molecule has 0 aromatic heterocycles. The summed E-state index contributed by atoms with van der Waals surface area (Å²) in [6, 6.07) is 7.42. The predicted molar refractivity (Wildman–Crippen MR) is 64.5 cm³/mol. The number of anilines is 1. The van der Waals surface area contributed by atoms with Crippen LogP contribution in [0.5, 0.6) is 0 Å². The maximum atomic E-state index is 8.74. The number of nitrogen functional groups attached to an aromatic ring is 1. The minimum Gasteiger partial charge on any atom is -0.399 e. The summed E-state index contributed by atoms with van der Waals surface area (Å²) in [5, 5.41) is 0. The number of nitrogens with two attached hydrogens (primary N) is 3. The van der Waals surface area contributed by atoms with E-state index in [1.165, 1.54) is 0 Å². The third-order valence-corrected chi connectivity index (χ3v) is 1.42. The zero-order chi connectivity index (χ0) is 13.5. The van der Waals surface area contributed by atoms with Gasteiger partial charge in [-0.1, -0.05) is 12.1 Å². The van der Waals surface area contributed by atoms with Crippen LogP contribution in [0.25, 0.3) is 0 Å². The fourth-order valence-corrected chi connectivity index (χ4v) is 0.806. The van der Waals surface area contributed by atoms with Gasteiger partial charge in [0.25, 0.3) is 0 Å². The Morgan fingerprint density at radius 3 is 1.94 bits per heavy atom. The van der Waals surface area contributed by atoms with E-state index in [-0.39, 0.29) is 5.96 Å². The van der Waals surface area contributed by atoms with E-state index >= 15 is 0 Å². The maximum Gasteiger partial charge on any atom is 0.394 e. The predicted octanol–water partition coefficient (Wildman–Crippen LogP) is -0.611. The highest BCUT2D eigenvalue weighted by Gasteiger charge is 1.89. The van der Waals surface area contributed by atoms with Gasteiger partial charge in [-0.2, -0.15) is 8.42 Å². The molecule has 0 aliphatic heterocycles. The molecule has 0 radical (unpaired) electrons. The van der Waals surface area contributed by atoms with Crippen molar-refractivity contribution >= 4 is 22.0 Å². The lowest BCUT2D eigenvalue weighted by atomic mass is 10.2. The molecule has 9 heteroatoms. The van der Waals surface area contributed by atoms with Gasteiger partial charge in [-0.05, 0) is 17.7 Å². The zero-order valence-electron chi connectivity index (χ0n) is 8.81. The van der Waals surface area contributed by atoms with Crippen LogP contribution in [0.15, 0.2) is 29.3 Å². The van der Waals surface area contributed by atoms with Crippen molar-refractivity contribution in [3.05, 3.63) is 29.8 Å². The lowest BCUT2D eigenvalue weighted by Crippen LogP contribution is -2.22. The van der Waals surface area contributed by atoms with E-state index in [2.05, 4.69) is 4.99 Å². The number of guanidine groups is 1. The molecule has 0 saturated heterocycles. The van der Waals surface area contributed by atoms with Gasteiger partial charge >= 0.3 is 10.4 Å². The summed E-state index contributed by atoms with van der Waals surface area (Å²) in [4.78, 5) is 3.86. The van der Waals surface area contributed by atoms with Crippen LogP contribution < -0.4 is 17.2 Å². The lowest BCUT2D eigenvalue weighted by molar-refractivity contribution is 0.381. The summed E-state index contributed by atoms with van der Waals surface area (Å²) in [6.45, 7) is 0.503. The van der Waals surface area contributed by atoms with E-state index in [0.717, 1.165) is 11.3 Å². The molecular weight excluding hydrogens is 248 g/mol. The van der Waals surface area contributed by atoms with Gasteiger partial charge in [-0.15, -0.1) is 0 Å². The first-order chi connectivity index (χ1) is 7.68. The normalized spacial score (nSPS) is 10.0. The van der Waals surface area contributed by atoms with E-state index in [1.807, 2.05) is 24.3 Å². The highest BCUT2D eigenvalue weighted by atomic mass is 32.3. The standard InChI is InChI=1S/C8H12N4.H2O4S/c9-7-3-1-6(2-4-7)5-12-8(10)11;1-5(2,3)4/h1-4H,5,9H2,(H4,10,11,12);(H2,1,2,3,4). The second kappa shape index (κ2) is 6.68. The third kappa shape index (κ3) is 12.1. The number of aliphatic imine (C=N–C) groups is 1. The molecule has 1 aromatic carbocycles. The van der Waals surface area contributed by atoms with Gasteiger partial charge in [0.05, 0.1) is 6.54 Å². The van der Waals surface area contributed by atoms with Crippen LogP contribution in [-0.2, 0) is 16.9 Å². The highest BCUT2D eigenvalue weighted by Crippen LogP contribution is 2.05. The van der Waals surface area contributed by atoms with Gasteiger partial charge in [0.15, 0.2) is 5.96 Å². The molecular formula is C8H14N4O4S. The lowest BCUT2D eigenvalue weighted by Gasteiger charge is -1.97. The zero-order valence-corrected chi connectivity index (χ0v) is 9.63. The van der Waals surface area contributed by atoms with Gasteiger partial charge in [0.1, 0.15) is 0 Å². The highest BCUT2D eigenvalue weighted by molar-refractivity contribution is 7.79. The number of benzene rings is 1. The van der Waals surface area contributed by atoms with Crippen LogP contribution in [0.1, 0.15) is 5.56 Å². The molecule has 1 rings (SSSR count). The fourth-order valence-electron chi connectivity index (χ4n) is 0.806. The van der Waals surface area contributed by atoms with Crippen LogP contribution >= 0.6 is 0 Å². The van der Waals surface area contributed by atoms with E-state index in [1.54, 1.807) is 0 Å². The minimum absolute atomic E-state index is 0.104. The molecule has 8 nitrogen and oxygen atoms in total. The van der Waals surface area contributed by atoms with E-state index < -0.39 is 10.4 Å². The molecule has 0 heterocycles. The monoisotopic (exact) mass is 262 g/mol. The fraction of sp³-hybridized carbons (Fsp3) is 0.125. The van der Waals surface area contributed by atoms with Crippen molar-refractivity contribution in [2.45, 2.75) is 6.54 Å². The molecule has 0 aliphatic rings. The molecule has 0 atom stereocenters. The average Bonchev–Trinajstić information content (AvgIpc) is 2.14. The summed E-state index contributed by atoms with van der Waals surface area (Å²) < 4.78 is 31.6. The Hall–Kier alpha value is -1.84. The molecule has 0 unspecified atom stereocenters. The molecule has 1 aromatic rings. The number of hydrogen-bond donors (Lipinski definition) is 5. The van der Waals surface area contributed by atoms with Gasteiger partial charge < -0.3 is 17.2 Å². The molecule has 17 heavy (non-hydrogen) atoms. The SMILES string of the molecule is NC(N)=NCc1ccc(N)cc1.O=S(=O)(O)O. The summed E-state index contributed by atoms with van der Waals surface area (Å²) in [7, 11) is -4.67. The quantitative estimate of drug-likeness (QED) is 0.205. The first-order valence-electron chi connectivity index (χ1n) is 4.28. The Morgan fingerprint density at radius 1 is 1.18 bits per heavy atom. The van der Waals surface area contributed by atoms with Crippen molar-refractivity contribution in [1.82, 2.24) is 0 Å². The first kappa shape index (κ1) is 15.2. The van der Waals surface area contributed by atoms with Crippen LogP contribution in [0, 0.1) is 0 Å². The molecule has 0 amide bonds. The molecule has 96 valence electrons. The Bertz CT molecular complexity index is 457. The average molecular weight is 262 g/mol. The molecule has 0 fully saturated rings. The molecule has 0 spiro atoms. The summed E-state index contributed by atoms with van der Waals surface area (Å²) >= 11 is 0. The van der Waals surface area contributed by atoms with Crippen LogP contribution in [0.2, 0.25) is 0 Å². The molecule has 0 saturated carbocycles. The smallest absolute Gasteiger partial charge is 0.394 e. The van der Waals surface area contributed by atoms with E-state index in [4.69, 9.17) is 34.7 Å². The maximum absolute atomic E-state index is 8.74. The van der Waals surface area contributed by atoms with Crippen LogP contribution in [0.3, 0.4) is 0 Å². The van der Waals surface area contributed by atoms with Crippen molar-refractivity contribution in [3.8, 4) is 0 Å². The van der Waals surface area contributed by atoms with Crippen molar-refractivity contribution in [2.24, 2.45) is 16.5 Å². The molecule has 0 bridgehead atoms. The third-order valence-electron chi connectivity index (χ3n) is 1.42. The van der Waals surface area contributed by atoms with Crippen molar-refractivity contribution in [1.29, 1.82) is 0 Å². The molecule has 8 N–H and O–H groups in total. The number of hydrogen-bond acceptors (Lipinski definition) is 4. The first-order valence-corrected chi connectivity index (χ1v) is 5.68. The van der Waals surface area contributed by atoms with Gasteiger partial charge in [-0.25, -0.2) is 4.99 Å². The van der Waals surface area contributed by atoms with Gasteiger partial charge in [0, 0.05) is 5.69 Å². The Kier molecular flexibility index (Phi) is 5.96. The Labute approximate surface area is 98.7 Å². The van der Waals surface area contributed by atoms with Crippen molar-refractivity contribution < 1.29 is 17.5 Å². The van der Waals surface area contributed by atoms with Crippen LogP contribution in [0.4, 0.5) is 5.69 Å². The summed E-state index contributed by atoms with van der Waals surface area (Å²) in [5.74, 6) is 0.104. The second-order valence-electron chi connectivity index (χ2n) is 2.93. The van der Waals surface area contributed by atoms with Gasteiger partial charge in [0.2, 0.25) is 0 Å². The number of nitrogens with zero attached hydrogens (tertiary/aromatic N) is 1. The second-order valence-corrected chi connectivity index (χ2v) is 3.83. The van der Waals surface area contributed by atoms with Crippen LogP contribution in [-0.4, -0.2) is 23.5 Å². The topological polar surface area (TPSA) is 165 Å². The minimum atomic E-state index is -4.67. The number of rotatable bonds is 2. The van der Waals surface area contributed by atoms with Crippen molar-refractivity contribution in [3.63, 3.8) is 0 Å². The molecule has 0 aliphatic carbocycles.